The molecule has 5 aromatic rings. The van der Waals surface area contributed by atoms with E-state index in [2.05, 4.69) is 10.2 Å². The summed E-state index contributed by atoms with van der Waals surface area (Å²) in [7, 11) is 0. The van der Waals surface area contributed by atoms with Crippen LogP contribution in [-0.4, -0.2) is 24.3 Å². The van der Waals surface area contributed by atoms with Gasteiger partial charge in [0.15, 0.2) is 0 Å². The van der Waals surface area contributed by atoms with Crippen LogP contribution in [0, 0.1) is 6.92 Å². The molecule has 0 aliphatic carbocycles. The Morgan fingerprint density at radius 1 is 0.867 bits per heavy atom. The second kappa shape index (κ2) is 7.27. The summed E-state index contributed by atoms with van der Waals surface area (Å²) in [5, 5.41) is 9.33. The standard InChI is InChI=1S/C23H16N4O2S/c1-15-11-13-16(14-12-15)21(29)30-23-25-24-22-26(17-7-3-2-4-8-17)20(28)18-9-5-6-10-19(18)27(22)23/h2-14H,1H3. The minimum Gasteiger partial charge on any atom is -0.281 e. The minimum absolute atomic E-state index is 0.133. The Kier molecular flexibility index (Phi) is 4.44. The predicted molar refractivity (Wildman–Crippen MR) is 117 cm³/mol. The van der Waals surface area contributed by atoms with Gasteiger partial charge in [-0.1, -0.05) is 60.2 Å². The highest BCUT2D eigenvalue weighted by molar-refractivity contribution is 8.14. The number of rotatable bonds is 3. The summed E-state index contributed by atoms with van der Waals surface area (Å²) in [6.07, 6.45) is 0. The normalized spacial score (nSPS) is 11.2. The van der Waals surface area contributed by atoms with Crippen LogP contribution < -0.4 is 5.56 Å². The highest BCUT2D eigenvalue weighted by Gasteiger charge is 2.20. The molecule has 0 saturated heterocycles. The Hall–Kier alpha value is -3.71. The first-order chi connectivity index (χ1) is 14.6. The third-order valence-electron chi connectivity index (χ3n) is 4.88. The Bertz CT molecular complexity index is 1450. The molecule has 0 amide bonds. The lowest BCUT2D eigenvalue weighted by molar-refractivity contribution is 0.108. The van der Waals surface area contributed by atoms with Gasteiger partial charge in [0.1, 0.15) is 0 Å². The number of aryl methyl sites for hydroxylation is 1. The van der Waals surface area contributed by atoms with Crippen LogP contribution in [-0.2, 0) is 0 Å². The fourth-order valence-electron chi connectivity index (χ4n) is 3.39. The molecule has 0 unspecified atom stereocenters. The number of nitrogens with zero attached hydrogens (tertiary/aromatic N) is 4. The molecule has 3 aromatic carbocycles. The lowest BCUT2D eigenvalue weighted by atomic mass is 10.2. The van der Waals surface area contributed by atoms with Gasteiger partial charge in [-0.25, -0.2) is 4.57 Å². The maximum Gasteiger partial charge on any atom is 0.267 e. The first-order valence-corrected chi connectivity index (χ1v) is 10.2. The second-order valence-electron chi connectivity index (χ2n) is 6.87. The van der Waals surface area contributed by atoms with E-state index in [1.54, 1.807) is 22.6 Å². The highest BCUT2D eigenvalue weighted by Crippen LogP contribution is 2.25. The van der Waals surface area contributed by atoms with Gasteiger partial charge in [0.05, 0.1) is 16.6 Å². The van der Waals surface area contributed by atoms with Gasteiger partial charge >= 0.3 is 0 Å². The molecular formula is C23H16N4O2S. The molecule has 0 bridgehead atoms. The summed E-state index contributed by atoms with van der Waals surface area (Å²) in [6.45, 7) is 1.97. The molecule has 2 aromatic heterocycles. The summed E-state index contributed by atoms with van der Waals surface area (Å²) in [5.74, 6) is 0.365. The van der Waals surface area contributed by atoms with E-state index in [9.17, 15) is 9.59 Å². The summed E-state index contributed by atoms with van der Waals surface area (Å²) in [4.78, 5) is 26.1. The van der Waals surface area contributed by atoms with Crippen LogP contribution in [0.1, 0.15) is 15.9 Å². The third kappa shape index (κ3) is 3.00. The molecule has 0 spiro atoms. The SMILES string of the molecule is Cc1ccc(C(=O)Sc2nnc3n(-c4ccccc4)c(=O)c4ccccc4n23)cc1. The van der Waals surface area contributed by atoms with E-state index < -0.39 is 0 Å². The maximum absolute atomic E-state index is 13.2. The van der Waals surface area contributed by atoms with Gasteiger partial charge in [0.2, 0.25) is 16.0 Å². The summed E-state index contributed by atoms with van der Waals surface area (Å²) < 4.78 is 3.29. The van der Waals surface area contributed by atoms with Crippen molar-refractivity contribution in [1.29, 1.82) is 0 Å². The van der Waals surface area contributed by atoms with Crippen LogP contribution in [0.25, 0.3) is 22.4 Å². The smallest absolute Gasteiger partial charge is 0.267 e. The number of fused-ring (bicyclic) bond motifs is 3. The van der Waals surface area contributed by atoms with Gasteiger partial charge in [0.25, 0.3) is 5.56 Å². The minimum atomic E-state index is -0.182. The van der Waals surface area contributed by atoms with E-state index in [0.717, 1.165) is 17.3 Å². The lowest BCUT2D eigenvalue weighted by Gasteiger charge is -2.11. The van der Waals surface area contributed by atoms with Gasteiger partial charge in [0, 0.05) is 5.56 Å². The molecule has 0 fully saturated rings. The quantitative estimate of drug-likeness (QED) is 0.414. The van der Waals surface area contributed by atoms with Gasteiger partial charge in [-0.3, -0.25) is 14.0 Å². The predicted octanol–water partition coefficient (Wildman–Crippen LogP) is 4.27. The number of hydrogen-bond donors (Lipinski definition) is 0. The molecule has 5 rings (SSSR count). The van der Waals surface area contributed by atoms with Gasteiger partial charge in [-0.05, 0) is 43.0 Å². The van der Waals surface area contributed by atoms with E-state index in [1.807, 2.05) is 67.6 Å². The molecular weight excluding hydrogens is 396 g/mol. The van der Waals surface area contributed by atoms with E-state index in [-0.39, 0.29) is 10.7 Å². The molecule has 6 nitrogen and oxygen atoms in total. The molecule has 0 aliphatic heterocycles. The van der Waals surface area contributed by atoms with Crippen molar-refractivity contribution in [2.45, 2.75) is 12.1 Å². The summed E-state index contributed by atoms with van der Waals surface area (Å²) >= 11 is 0.998. The average molecular weight is 412 g/mol. The number of aromatic nitrogens is 4. The van der Waals surface area contributed by atoms with Crippen molar-refractivity contribution < 1.29 is 4.79 Å². The second-order valence-corrected chi connectivity index (χ2v) is 7.81. The van der Waals surface area contributed by atoms with Crippen LogP contribution in [0.3, 0.4) is 0 Å². The Morgan fingerprint density at radius 2 is 1.57 bits per heavy atom. The maximum atomic E-state index is 13.2. The number of hydrogen-bond acceptors (Lipinski definition) is 5. The van der Waals surface area contributed by atoms with Gasteiger partial charge in [-0.2, -0.15) is 0 Å². The van der Waals surface area contributed by atoms with Gasteiger partial charge < -0.3 is 0 Å². The lowest BCUT2D eigenvalue weighted by Crippen LogP contribution is -2.21. The van der Waals surface area contributed by atoms with Crippen molar-refractivity contribution in [2.75, 3.05) is 0 Å². The van der Waals surface area contributed by atoms with E-state index in [4.69, 9.17) is 0 Å². The molecule has 0 aliphatic rings. The fraction of sp³-hybridized carbons (Fsp3) is 0.0435. The third-order valence-corrected chi connectivity index (χ3v) is 5.75. The van der Waals surface area contributed by atoms with E-state index in [1.165, 1.54) is 4.57 Å². The number of carbonyl (C=O) groups excluding carboxylic acids is 1. The zero-order chi connectivity index (χ0) is 20.7. The fourth-order valence-corrected chi connectivity index (χ4v) is 4.16. The van der Waals surface area contributed by atoms with E-state index >= 15 is 0 Å². The number of para-hydroxylation sites is 2. The Labute approximate surface area is 175 Å². The van der Waals surface area contributed by atoms with Crippen molar-refractivity contribution in [2.24, 2.45) is 0 Å². The molecule has 7 heteroatoms. The zero-order valence-corrected chi connectivity index (χ0v) is 16.8. The molecule has 0 N–H and O–H groups in total. The topological polar surface area (TPSA) is 69.3 Å². The Balaban J connectivity index is 1.73. The molecule has 0 saturated carbocycles. The van der Waals surface area contributed by atoms with Crippen molar-refractivity contribution in [3.05, 3.63) is 100 Å². The van der Waals surface area contributed by atoms with Crippen LogP contribution in [0.2, 0.25) is 0 Å². The van der Waals surface area contributed by atoms with Crippen molar-refractivity contribution in [3.63, 3.8) is 0 Å². The molecule has 0 radical (unpaired) electrons. The summed E-state index contributed by atoms with van der Waals surface area (Å²) in [6, 6.07) is 24.0. The van der Waals surface area contributed by atoms with Crippen LogP contribution >= 0.6 is 11.8 Å². The number of thioether (sulfide) groups is 1. The first kappa shape index (κ1) is 18.3. The van der Waals surface area contributed by atoms with Crippen molar-refractivity contribution in [3.8, 4) is 5.69 Å². The molecule has 30 heavy (non-hydrogen) atoms. The molecule has 2 heterocycles. The highest BCUT2D eigenvalue weighted by atomic mass is 32.2. The van der Waals surface area contributed by atoms with Crippen molar-refractivity contribution >= 4 is 33.6 Å². The van der Waals surface area contributed by atoms with Crippen LogP contribution in [0.5, 0.6) is 0 Å². The number of carbonyl (C=O) groups is 1. The molecule has 146 valence electrons. The first-order valence-electron chi connectivity index (χ1n) is 9.36. The van der Waals surface area contributed by atoms with E-state index in [0.29, 0.717) is 33.1 Å². The zero-order valence-electron chi connectivity index (χ0n) is 16.0. The summed E-state index contributed by atoms with van der Waals surface area (Å²) in [5.41, 5.74) is 2.84. The average Bonchev–Trinajstić information content (AvgIpc) is 3.18. The number of benzene rings is 3. The van der Waals surface area contributed by atoms with Crippen LogP contribution in [0.15, 0.2) is 88.8 Å². The monoisotopic (exact) mass is 412 g/mol. The molecule has 0 atom stereocenters. The van der Waals surface area contributed by atoms with Crippen LogP contribution in [0.4, 0.5) is 0 Å². The van der Waals surface area contributed by atoms with Crippen molar-refractivity contribution in [1.82, 2.24) is 19.2 Å². The largest absolute Gasteiger partial charge is 0.281 e. The Morgan fingerprint density at radius 3 is 2.33 bits per heavy atom. The van der Waals surface area contributed by atoms with Gasteiger partial charge in [-0.15, -0.1) is 10.2 Å².